The predicted molar refractivity (Wildman–Crippen MR) is 66.0 cm³/mol. The Kier molecular flexibility index (Phi) is 5.59. The Balaban J connectivity index is 2.84. The smallest absolute Gasteiger partial charge is 0.309 e. The number of rotatable bonds is 6. The first-order chi connectivity index (χ1) is 8.80. The van der Waals surface area contributed by atoms with Crippen molar-refractivity contribution in [1.29, 1.82) is 0 Å². The molecule has 0 saturated heterocycles. The minimum Gasteiger partial charge on any atom is -0.309 e. The highest BCUT2D eigenvalue weighted by atomic mass is 31.2. The summed E-state index contributed by atoms with van der Waals surface area (Å²) < 4.78 is 59.5. The Morgan fingerprint density at radius 1 is 1.05 bits per heavy atom. The van der Waals surface area contributed by atoms with Gasteiger partial charge in [-0.15, -0.1) is 0 Å². The quantitative estimate of drug-likeness (QED) is 0.726. The second kappa shape index (κ2) is 6.55. The molecule has 0 aliphatic rings. The maximum atomic E-state index is 12.4. The van der Waals surface area contributed by atoms with Gasteiger partial charge in [-0.1, -0.05) is 12.1 Å². The van der Waals surface area contributed by atoms with E-state index in [-0.39, 0.29) is 19.4 Å². The lowest BCUT2D eigenvalue weighted by atomic mass is 10.1. The molecule has 0 amide bonds. The Hall–Kier alpha value is -0.840. The molecule has 0 aliphatic heterocycles. The van der Waals surface area contributed by atoms with Gasteiger partial charge in [-0.2, -0.15) is 13.2 Å². The molecule has 0 N–H and O–H groups in total. The number of hydrogen-bond donors (Lipinski definition) is 0. The van der Waals surface area contributed by atoms with Crippen molar-refractivity contribution in [3.05, 3.63) is 35.4 Å². The summed E-state index contributed by atoms with van der Waals surface area (Å²) in [6.45, 7) is 3.80. The molecule has 0 atom stereocenters. The summed E-state index contributed by atoms with van der Waals surface area (Å²) in [4.78, 5) is 0. The van der Waals surface area contributed by atoms with Gasteiger partial charge in [0.1, 0.15) is 0 Å². The molecule has 0 saturated carbocycles. The maximum absolute atomic E-state index is 12.4. The fourth-order valence-corrected chi connectivity index (χ4v) is 3.25. The Morgan fingerprint density at radius 3 is 1.89 bits per heavy atom. The average molecular weight is 296 g/mol. The van der Waals surface area contributed by atoms with Gasteiger partial charge in [0.05, 0.1) is 24.9 Å². The Labute approximate surface area is 110 Å². The van der Waals surface area contributed by atoms with Crippen LogP contribution in [0, 0.1) is 0 Å². The van der Waals surface area contributed by atoms with Crippen LogP contribution in [0.1, 0.15) is 25.0 Å². The summed E-state index contributed by atoms with van der Waals surface area (Å²) >= 11 is 0. The number of alkyl halides is 3. The van der Waals surface area contributed by atoms with Crippen LogP contribution in [0.2, 0.25) is 0 Å². The molecule has 0 radical (unpaired) electrons. The minimum absolute atomic E-state index is 0.0349. The van der Waals surface area contributed by atoms with Crippen LogP contribution in [-0.2, 0) is 26.0 Å². The van der Waals surface area contributed by atoms with E-state index in [1.165, 1.54) is 12.1 Å². The summed E-state index contributed by atoms with van der Waals surface area (Å²) in [6, 6.07) is 4.48. The van der Waals surface area contributed by atoms with E-state index < -0.39 is 19.3 Å². The molecular formula is C12H16F3O3P. The van der Waals surface area contributed by atoms with E-state index in [1.807, 2.05) is 0 Å². The third kappa shape index (κ3) is 4.97. The Bertz CT molecular complexity index is 433. The average Bonchev–Trinajstić information content (AvgIpc) is 2.28. The zero-order chi connectivity index (χ0) is 14.5. The minimum atomic E-state index is -4.37. The molecule has 1 aromatic carbocycles. The second-order valence-corrected chi connectivity index (χ2v) is 5.85. The Morgan fingerprint density at radius 2 is 1.53 bits per heavy atom. The molecule has 0 spiro atoms. The SMILES string of the molecule is CCOP(=O)(Cc1ccc(C(F)(F)F)cc1)OCC. The summed E-state index contributed by atoms with van der Waals surface area (Å²) in [5.41, 5.74) is -0.253. The first-order valence-electron chi connectivity index (χ1n) is 5.85. The molecule has 0 aromatic heterocycles. The van der Waals surface area contributed by atoms with Crippen LogP contribution in [0.5, 0.6) is 0 Å². The van der Waals surface area contributed by atoms with Crippen molar-refractivity contribution in [2.24, 2.45) is 0 Å². The zero-order valence-corrected chi connectivity index (χ0v) is 11.6. The molecule has 1 aromatic rings. The lowest BCUT2D eigenvalue weighted by molar-refractivity contribution is -0.137. The van der Waals surface area contributed by atoms with Gasteiger partial charge in [0, 0.05) is 0 Å². The van der Waals surface area contributed by atoms with Crippen LogP contribution >= 0.6 is 7.60 Å². The standard InChI is InChI=1S/C12H16F3O3P/c1-3-17-19(16,18-4-2)9-10-5-7-11(8-6-10)12(13,14)15/h5-8H,3-4,9H2,1-2H3. The van der Waals surface area contributed by atoms with Crippen LogP contribution in [0.25, 0.3) is 0 Å². The van der Waals surface area contributed by atoms with Crippen LogP contribution in [0.4, 0.5) is 13.2 Å². The molecule has 0 unspecified atom stereocenters. The van der Waals surface area contributed by atoms with Gasteiger partial charge in [-0.05, 0) is 31.5 Å². The van der Waals surface area contributed by atoms with Gasteiger partial charge in [0.15, 0.2) is 0 Å². The third-order valence-electron chi connectivity index (χ3n) is 2.31. The lowest BCUT2D eigenvalue weighted by Crippen LogP contribution is -2.05. The summed E-state index contributed by atoms with van der Waals surface area (Å²) in [6.07, 6.45) is -4.41. The summed E-state index contributed by atoms with van der Waals surface area (Å²) in [5.74, 6) is 0. The molecule has 7 heteroatoms. The zero-order valence-electron chi connectivity index (χ0n) is 10.7. The first kappa shape index (κ1) is 16.2. The lowest BCUT2D eigenvalue weighted by Gasteiger charge is -2.17. The molecule has 108 valence electrons. The predicted octanol–water partition coefficient (Wildman–Crippen LogP) is 4.47. The van der Waals surface area contributed by atoms with Crippen molar-refractivity contribution in [3.8, 4) is 0 Å². The number of halogens is 3. The van der Waals surface area contributed by atoms with Crippen molar-refractivity contribution in [3.63, 3.8) is 0 Å². The highest BCUT2D eigenvalue weighted by Crippen LogP contribution is 2.51. The van der Waals surface area contributed by atoms with E-state index in [0.717, 1.165) is 12.1 Å². The van der Waals surface area contributed by atoms with E-state index in [4.69, 9.17) is 9.05 Å². The summed E-state index contributed by atoms with van der Waals surface area (Å²) in [5, 5.41) is 0. The van der Waals surface area contributed by atoms with E-state index >= 15 is 0 Å². The molecule has 0 heterocycles. The molecule has 0 fully saturated rings. The normalized spacial score (nSPS) is 12.7. The number of hydrogen-bond acceptors (Lipinski definition) is 3. The van der Waals surface area contributed by atoms with E-state index in [1.54, 1.807) is 13.8 Å². The molecule has 3 nitrogen and oxygen atoms in total. The highest BCUT2D eigenvalue weighted by Gasteiger charge is 2.30. The van der Waals surface area contributed by atoms with Crippen molar-refractivity contribution >= 4 is 7.60 Å². The van der Waals surface area contributed by atoms with Gasteiger partial charge in [0.2, 0.25) is 0 Å². The van der Waals surface area contributed by atoms with Gasteiger partial charge < -0.3 is 9.05 Å². The van der Waals surface area contributed by atoms with E-state index in [9.17, 15) is 17.7 Å². The fourth-order valence-electron chi connectivity index (χ4n) is 1.54. The van der Waals surface area contributed by atoms with Crippen molar-refractivity contribution in [2.75, 3.05) is 13.2 Å². The van der Waals surface area contributed by atoms with E-state index in [0.29, 0.717) is 5.56 Å². The monoisotopic (exact) mass is 296 g/mol. The molecule has 0 aliphatic carbocycles. The van der Waals surface area contributed by atoms with Gasteiger partial charge in [0.25, 0.3) is 0 Å². The highest BCUT2D eigenvalue weighted by molar-refractivity contribution is 7.53. The van der Waals surface area contributed by atoms with Crippen LogP contribution in [0.15, 0.2) is 24.3 Å². The van der Waals surface area contributed by atoms with Crippen molar-refractivity contribution in [1.82, 2.24) is 0 Å². The largest absolute Gasteiger partial charge is 0.416 e. The molecular weight excluding hydrogens is 280 g/mol. The van der Waals surface area contributed by atoms with Crippen LogP contribution < -0.4 is 0 Å². The molecule has 0 bridgehead atoms. The van der Waals surface area contributed by atoms with Gasteiger partial charge in [-0.25, -0.2) is 0 Å². The fraction of sp³-hybridized carbons (Fsp3) is 0.500. The maximum Gasteiger partial charge on any atom is 0.416 e. The van der Waals surface area contributed by atoms with Crippen LogP contribution in [-0.4, -0.2) is 13.2 Å². The summed E-state index contributed by atoms with van der Waals surface area (Å²) in [7, 11) is -3.28. The topological polar surface area (TPSA) is 35.5 Å². The van der Waals surface area contributed by atoms with Crippen LogP contribution in [0.3, 0.4) is 0 Å². The van der Waals surface area contributed by atoms with Crippen molar-refractivity contribution in [2.45, 2.75) is 26.2 Å². The van der Waals surface area contributed by atoms with Crippen molar-refractivity contribution < 1.29 is 26.8 Å². The van der Waals surface area contributed by atoms with Gasteiger partial charge in [-0.3, -0.25) is 4.57 Å². The first-order valence-corrected chi connectivity index (χ1v) is 7.58. The second-order valence-electron chi connectivity index (χ2n) is 3.80. The molecule has 1 rings (SSSR count). The van der Waals surface area contributed by atoms with E-state index in [2.05, 4.69) is 0 Å². The molecule has 19 heavy (non-hydrogen) atoms. The third-order valence-corrected chi connectivity index (χ3v) is 4.36. The van der Waals surface area contributed by atoms with Gasteiger partial charge >= 0.3 is 13.8 Å². The number of benzene rings is 1.